The summed E-state index contributed by atoms with van der Waals surface area (Å²) in [6.07, 6.45) is 51.1. The Hall–Kier alpha value is -2.89. The molecule has 0 bridgehead atoms. The van der Waals surface area contributed by atoms with Crippen molar-refractivity contribution in [2.45, 2.75) is 219 Å². The first kappa shape index (κ1) is 52.1. The standard InChI is InChI=1S/C49H84O6/c1-4-7-10-13-16-18-20-22-24-26-28-30-33-36-39-42-48(51)54-45-46(44-53-47(50)41-38-35-32-15-12-9-6-3)55-49(52)43-40-37-34-31-29-27-25-23-21-19-17-14-11-8-5-2/h6,8,11,17,19,22-25,46H,3-5,7,9-10,12-16,18,20-21,26-45H2,1-2H3/b11-8-,19-17-,24-22-,25-23-. The molecule has 1 unspecified atom stereocenters. The second-order valence-electron chi connectivity index (χ2n) is 15.0. The Kier molecular flexibility index (Phi) is 41.5. The quantitative estimate of drug-likeness (QED) is 0.0267. The molecule has 0 saturated heterocycles. The molecule has 0 aromatic rings. The topological polar surface area (TPSA) is 78.9 Å². The normalized spacial score (nSPS) is 12.3. The van der Waals surface area contributed by atoms with E-state index in [0.717, 1.165) is 122 Å². The molecule has 0 aromatic carbocycles. The number of ether oxygens (including phenoxy) is 3. The maximum Gasteiger partial charge on any atom is 0.306 e. The predicted molar refractivity (Wildman–Crippen MR) is 233 cm³/mol. The van der Waals surface area contributed by atoms with Crippen molar-refractivity contribution in [2.24, 2.45) is 0 Å². The molecule has 0 aliphatic rings. The zero-order valence-corrected chi connectivity index (χ0v) is 35.8. The van der Waals surface area contributed by atoms with Crippen molar-refractivity contribution >= 4 is 17.9 Å². The molecule has 0 fully saturated rings. The minimum Gasteiger partial charge on any atom is -0.462 e. The summed E-state index contributed by atoms with van der Waals surface area (Å²) in [7, 11) is 0. The van der Waals surface area contributed by atoms with Gasteiger partial charge in [-0.2, -0.15) is 0 Å². The van der Waals surface area contributed by atoms with E-state index < -0.39 is 6.10 Å². The van der Waals surface area contributed by atoms with Crippen LogP contribution in [0.25, 0.3) is 0 Å². The van der Waals surface area contributed by atoms with E-state index >= 15 is 0 Å². The number of hydrogen-bond acceptors (Lipinski definition) is 6. The third-order valence-corrected chi connectivity index (χ3v) is 9.62. The Morgan fingerprint density at radius 1 is 0.436 bits per heavy atom. The van der Waals surface area contributed by atoms with Crippen molar-refractivity contribution in [3.63, 3.8) is 0 Å². The molecule has 6 nitrogen and oxygen atoms in total. The molecule has 0 N–H and O–H groups in total. The monoisotopic (exact) mass is 769 g/mol. The molecular weight excluding hydrogens is 685 g/mol. The highest BCUT2D eigenvalue weighted by Gasteiger charge is 2.19. The lowest BCUT2D eigenvalue weighted by molar-refractivity contribution is -0.167. The summed E-state index contributed by atoms with van der Waals surface area (Å²) >= 11 is 0. The first-order valence-corrected chi connectivity index (χ1v) is 22.7. The summed E-state index contributed by atoms with van der Waals surface area (Å²) in [5.74, 6) is -0.944. The zero-order valence-electron chi connectivity index (χ0n) is 35.8. The Balaban J connectivity index is 4.34. The minimum absolute atomic E-state index is 0.0918. The molecule has 0 saturated carbocycles. The summed E-state index contributed by atoms with van der Waals surface area (Å²) in [5, 5.41) is 0. The van der Waals surface area contributed by atoms with Crippen LogP contribution in [0.1, 0.15) is 213 Å². The van der Waals surface area contributed by atoms with Crippen LogP contribution in [0.2, 0.25) is 0 Å². The van der Waals surface area contributed by atoms with Crippen molar-refractivity contribution in [3.05, 3.63) is 61.3 Å². The van der Waals surface area contributed by atoms with Gasteiger partial charge in [-0.25, -0.2) is 0 Å². The SMILES string of the molecule is C=CCCCCCCCC(=O)OCC(COC(=O)CCCCCCC/C=C\CCCCCCCC)OC(=O)CCCCCCC/C=C\C/C=C\C/C=C\CC. The molecule has 0 aliphatic heterocycles. The largest absolute Gasteiger partial charge is 0.462 e. The van der Waals surface area contributed by atoms with Crippen molar-refractivity contribution in [2.75, 3.05) is 13.2 Å². The number of allylic oxidation sites excluding steroid dienone is 9. The minimum atomic E-state index is -0.789. The van der Waals surface area contributed by atoms with Gasteiger partial charge in [-0.1, -0.05) is 158 Å². The zero-order chi connectivity index (χ0) is 40.1. The molecule has 55 heavy (non-hydrogen) atoms. The lowest BCUT2D eigenvalue weighted by Crippen LogP contribution is -2.30. The number of carbonyl (C=O) groups excluding carboxylic acids is 3. The van der Waals surface area contributed by atoms with Gasteiger partial charge in [0.05, 0.1) is 0 Å². The van der Waals surface area contributed by atoms with Crippen molar-refractivity contribution in [1.82, 2.24) is 0 Å². The summed E-state index contributed by atoms with van der Waals surface area (Å²) in [6, 6.07) is 0. The van der Waals surface area contributed by atoms with E-state index in [0.29, 0.717) is 19.3 Å². The van der Waals surface area contributed by atoms with Gasteiger partial charge in [0.2, 0.25) is 0 Å². The number of hydrogen-bond donors (Lipinski definition) is 0. The van der Waals surface area contributed by atoms with Crippen LogP contribution >= 0.6 is 0 Å². The number of unbranched alkanes of at least 4 members (excludes halogenated alkanes) is 21. The van der Waals surface area contributed by atoms with E-state index in [2.05, 4.69) is 69.0 Å². The molecule has 0 amide bonds. The van der Waals surface area contributed by atoms with Gasteiger partial charge < -0.3 is 14.2 Å². The lowest BCUT2D eigenvalue weighted by Gasteiger charge is -2.18. The van der Waals surface area contributed by atoms with Gasteiger partial charge in [-0.05, 0) is 89.9 Å². The van der Waals surface area contributed by atoms with Crippen molar-refractivity contribution < 1.29 is 28.6 Å². The summed E-state index contributed by atoms with van der Waals surface area (Å²) in [6.45, 7) is 7.98. The van der Waals surface area contributed by atoms with E-state index in [9.17, 15) is 14.4 Å². The van der Waals surface area contributed by atoms with Crippen molar-refractivity contribution in [1.29, 1.82) is 0 Å². The molecule has 6 heteroatoms. The first-order valence-electron chi connectivity index (χ1n) is 22.7. The van der Waals surface area contributed by atoms with Crippen LogP contribution in [0, 0.1) is 0 Å². The molecule has 0 aromatic heterocycles. The highest BCUT2D eigenvalue weighted by atomic mass is 16.6. The van der Waals surface area contributed by atoms with E-state index in [1.54, 1.807) is 0 Å². The van der Waals surface area contributed by atoms with E-state index in [1.807, 2.05) is 6.08 Å². The van der Waals surface area contributed by atoms with Crippen molar-refractivity contribution in [3.8, 4) is 0 Å². The highest BCUT2D eigenvalue weighted by molar-refractivity contribution is 5.71. The number of carbonyl (C=O) groups is 3. The number of rotatable bonds is 41. The average molecular weight is 769 g/mol. The Labute approximate surface area is 339 Å². The second-order valence-corrected chi connectivity index (χ2v) is 15.0. The van der Waals surface area contributed by atoms with Gasteiger partial charge in [0.1, 0.15) is 13.2 Å². The molecule has 0 spiro atoms. The fourth-order valence-electron chi connectivity index (χ4n) is 6.19. The van der Waals surface area contributed by atoms with Gasteiger partial charge in [-0.3, -0.25) is 14.4 Å². The van der Waals surface area contributed by atoms with Crippen LogP contribution in [-0.4, -0.2) is 37.2 Å². The third kappa shape index (κ3) is 42.1. The van der Waals surface area contributed by atoms with Gasteiger partial charge >= 0.3 is 17.9 Å². The smallest absolute Gasteiger partial charge is 0.306 e. The second kappa shape index (κ2) is 43.8. The average Bonchev–Trinajstić information content (AvgIpc) is 3.18. The molecular formula is C49H84O6. The lowest BCUT2D eigenvalue weighted by atomic mass is 10.1. The van der Waals surface area contributed by atoms with Crippen LogP contribution < -0.4 is 0 Å². The van der Waals surface area contributed by atoms with E-state index in [-0.39, 0.29) is 31.1 Å². The van der Waals surface area contributed by atoms with Crippen LogP contribution in [0.4, 0.5) is 0 Å². The van der Waals surface area contributed by atoms with Crippen LogP contribution in [0.5, 0.6) is 0 Å². The Morgan fingerprint density at radius 2 is 0.800 bits per heavy atom. The Morgan fingerprint density at radius 3 is 1.25 bits per heavy atom. The fraction of sp³-hybridized carbons (Fsp3) is 0.735. The first-order chi connectivity index (χ1) is 27.0. The number of esters is 3. The maximum atomic E-state index is 12.7. The highest BCUT2D eigenvalue weighted by Crippen LogP contribution is 2.13. The summed E-state index contributed by atoms with van der Waals surface area (Å²) in [4.78, 5) is 37.6. The van der Waals surface area contributed by atoms with Gasteiger partial charge in [-0.15, -0.1) is 6.58 Å². The van der Waals surface area contributed by atoms with E-state index in [1.165, 1.54) is 57.8 Å². The van der Waals surface area contributed by atoms with E-state index in [4.69, 9.17) is 14.2 Å². The fourth-order valence-corrected chi connectivity index (χ4v) is 6.19. The van der Waals surface area contributed by atoms with Gasteiger partial charge in [0, 0.05) is 19.3 Å². The van der Waals surface area contributed by atoms with Crippen LogP contribution in [0.15, 0.2) is 61.3 Å². The molecule has 1 atom stereocenters. The van der Waals surface area contributed by atoms with Crippen LogP contribution in [-0.2, 0) is 28.6 Å². The third-order valence-electron chi connectivity index (χ3n) is 9.62. The summed E-state index contributed by atoms with van der Waals surface area (Å²) in [5.41, 5.74) is 0. The van der Waals surface area contributed by atoms with Gasteiger partial charge in [0.15, 0.2) is 6.10 Å². The molecule has 0 radical (unpaired) electrons. The molecule has 0 aliphatic carbocycles. The molecule has 0 heterocycles. The summed E-state index contributed by atoms with van der Waals surface area (Å²) < 4.78 is 16.6. The molecule has 316 valence electrons. The maximum absolute atomic E-state index is 12.7. The molecule has 0 rings (SSSR count). The van der Waals surface area contributed by atoms with Gasteiger partial charge in [0.25, 0.3) is 0 Å². The Bertz CT molecular complexity index is 1010. The predicted octanol–water partition coefficient (Wildman–Crippen LogP) is 14.5. The van der Waals surface area contributed by atoms with Crippen LogP contribution in [0.3, 0.4) is 0 Å².